The zero-order valence-electron chi connectivity index (χ0n) is 10.0. The topological polar surface area (TPSA) is 29.9 Å². The minimum atomic E-state index is 0.413. The molecule has 0 saturated heterocycles. The lowest BCUT2D eigenvalue weighted by molar-refractivity contribution is 0.527. The van der Waals surface area contributed by atoms with Gasteiger partial charge in [0.2, 0.25) is 0 Å². The van der Waals surface area contributed by atoms with E-state index in [1.54, 1.807) is 0 Å². The van der Waals surface area contributed by atoms with Crippen LogP contribution in [0, 0.1) is 0 Å². The van der Waals surface area contributed by atoms with Gasteiger partial charge in [0.1, 0.15) is 0 Å². The molecule has 1 heterocycles. The molecular weight excluding hydrogens is 278 g/mol. The molecule has 1 aromatic carbocycles. The van der Waals surface area contributed by atoms with Crippen LogP contribution in [0.25, 0.3) is 0 Å². The monoisotopic (exact) mass is 293 g/mol. The van der Waals surface area contributed by atoms with E-state index >= 15 is 0 Å². The van der Waals surface area contributed by atoms with Crippen molar-refractivity contribution >= 4 is 21.6 Å². The standard InChI is InChI=1S/C13H16BrN3/c1-10(2)17-8-7-13(16-17)9-15-12-5-3-11(14)4-6-12/h3-8,10,15H,9H2,1-2H3. The smallest absolute Gasteiger partial charge is 0.0815 e. The van der Waals surface area contributed by atoms with Crippen LogP contribution in [0.15, 0.2) is 41.0 Å². The molecule has 0 atom stereocenters. The lowest BCUT2D eigenvalue weighted by atomic mass is 10.3. The Bertz CT molecular complexity index is 474. The average molecular weight is 294 g/mol. The van der Waals surface area contributed by atoms with E-state index in [0.717, 1.165) is 22.4 Å². The van der Waals surface area contributed by atoms with Gasteiger partial charge in [-0.3, -0.25) is 4.68 Å². The van der Waals surface area contributed by atoms with Gasteiger partial charge in [0.15, 0.2) is 0 Å². The third-order valence-electron chi connectivity index (χ3n) is 2.51. The maximum Gasteiger partial charge on any atom is 0.0815 e. The van der Waals surface area contributed by atoms with Gasteiger partial charge in [-0.15, -0.1) is 0 Å². The van der Waals surface area contributed by atoms with E-state index in [1.807, 2.05) is 41.2 Å². The highest BCUT2D eigenvalue weighted by molar-refractivity contribution is 9.10. The number of rotatable bonds is 4. The van der Waals surface area contributed by atoms with E-state index in [4.69, 9.17) is 0 Å². The maximum atomic E-state index is 4.49. The van der Waals surface area contributed by atoms with Gasteiger partial charge >= 0.3 is 0 Å². The summed E-state index contributed by atoms with van der Waals surface area (Å²) in [7, 11) is 0. The minimum Gasteiger partial charge on any atom is -0.379 e. The quantitative estimate of drug-likeness (QED) is 0.928. The molecule has 0 aliphatic heterocycles. The van der Waals surface area contributed by atoms with Gasteiger partial charge in [-0.25, -0.2) is 0 Å². The normalized spacial score (nSPS) is 10.8. The van der Waals surface area contributed by atoms with Crippen molar-refractivity contribution in [1.82, 2.24) is 9.78 Å². The van der Waals surface area contributed by atoms with Crippen LogP contribution in [0.2, 0.25) is 0 Å². The Morgan fingerprint density at radius 2 is 1.94 bits per heavy atom. The van der Waals surface area contributed by atoms with Crippen molar-refractivity contribution in [2.45, 2.75) is 26.4 Å². The molecular formula is C13H16BrN3. The highest BCUT2D eigenvalue weighted by Crippen LogP contribution is 2.15. The molecule has 0 radical (unpaired) electrons. The second-order valence-electron chi connectivity index (χ2n) is 4.24. The lowest BCUT2D eigenvalue weighted by Crippen LogP contribution is -2.04. The summed E-state index contributed by atoms with van der Waals surface area (Å²) in [6.45, 7) is 5.00. The molecule has 0 bridgehead atoms. The van der Waals surface area contributed by atoms with Crippen LogP contribution in [0.3, 0.4) is 0 Å². The van der Waals surface area contributed by atoms with Crippen molar-refractivity contribution in [3.05, 3.63) is 46.7 Å². The number of hydrogen-bond acceptors (Lipinski definition) is 2. The molecule has 17 heavy (non-hydrogen) atoms. The molecule has 0 amide bonds. The summed E-state index contributed by atoms with van der Waals surface area (Å²) >= 11 is 3.42. The molecule has 90 valence electrons. The number of hydrogen-bond donors (Lipinski definition) is 1. The van der Waals surface area contributed by atoms with Crippen LogP contribution in [0.4, 0.5) is 5.69 Å². The van der Waals surface area contributed by atoms with Crippen molar-refractivity contribution in [3.8, 4) is 0 Å². The first kappa shape index (κ1) is 12.2. The maximum absolute atomic E-state index is 4.49. The van der Waals surface area contributed by atoms with E-state index in [1.165, 1.54) is 0 Å². The predicted octanol–water partition coefficient (Wildman–Crippen LogP) is 3.84. The van der Waals surface area contributed by atoms with Gasteiger partial charge in [-0.2, -0.15) is 5.10 Å². The van der Waals surface area contributed by atoms with Gasteiger partial charge in [0.25, 0.3) is 0 Å². The SMILES string of the molecule is CC(C)n1ccc(CNc2ccc(Br)cc2)n1. The van der Waals surface area contributed by atoms with Crippen molar-refractivity contribution < 1.29 is 0 Å². The highest BCUT2D eigenvalue weighted by Gasteiger charge is 2.01. The lowest BCUT2D eigenvalue weighted by Gasteiger charge is -2.05. The molecule has 2 aromatic rings. The summed E-state index contributed by atoms with van der Waals surface area (Å²) in [5, 5.41) is 7.83. The van der Waals surface area contributed by atoms with Crippen LogP contribution in [-0.4, -0.2) is 9.78 Å². The van der Waals surface area contributed by atoms with Gasteiger partial charge in [-0.05, 0) is 44.2 Å². The first-order valence-corrected chi connectivity index (χ1v) is 6.48. The molecule has 1 N–H and O–H groups in total. The highest BCUT2D eigenvalue weighted by atomic mass is 79.9. The predicted molar refractivity (Wildman–Crippen MR) is 74.1 cm³/mol. The Morgan fingerprint density at radius 3 is 2.53 bits per heavy atom. The Hall–Kier alpha value is -1.29. The van der Waals surface area contributed by atoms with Crippen molar-refractivity contribution in [3.63, 3.8) is 0 Å². The number of nitrogens with zero attached hydrogens (tertiary/aromatic N) is 2. The molecule has 0 spiro atoms. The first-order valence-electron chi connectivity index (χ1n) is 5.68. The third kappa shape index (κ3) is 3.33. The molecule has 0 aliphatic carbocycles. The van der Waals surface area contributed by atoms with Gasteiger partial charge < -0.3 is 5.32 Å². The summed E-state index contributed by atoms with van der Waals surface area (Å²) in [6.07, 6.45) is 2.02. The summed E-state index contributed by atoms with van der Waals surface area (Å²) in [6, 6.07) is 10.6. The Kier molecular flexibility index (Phi) is 3.84. The number of anilines is 1. The minimum absolute atomic E-state index is 0.413. The Labute approximate surface area is 110 Å². The summed E-state index contributed by atoms with van der Waals surface area (Å²) in [5.74, 6) is 0. The summed E-state index contributed by atoms with van der Waals surface area (Å²) in [5.41, 5.74) is 2.16. The van der Waals surface area contributed by atoms with Crippen molar-refractivity contribution in [2.24, 2.45) is 0 Å². The third-order valence-corrected chi connectivity index (χ3v) is 3.04. The summed E-state index contributed by atoms with van der Waals surface area (Å²) < 4.78 is 3.06. The summed E-state index contributed by atoms with van der Waals surface area (Å²) in [4.78, 5) is 0. The first-order chi connectivity index (χ1) is 8.15. The number of halogens is 1. The largest absolute Gasteiger partial charge is 0.379 e. The van der Waals surface area contributed by atoms with Crippen LogP contribution >= 0.6 is 15.9 Å². The van der Waals surface area contributed by atoms with Crippen molar-refractivity contribution in [1.29, 1.82) is 0 Å². The molecule has 1 aromatic heterocycles. The second kappa shape index (κ2) is 5.36. The van der Waals surface area contributed by atoms with Crippen LogP contribution in [0.5, 0.6) is 0 Å². The van der Waals surface area contributed by atoms with E-state index in [-0.39, 0.29) is 0 Å². The molecule has 4 heteroatoms. The molecule has 2 rings (SSSR count). The molecule has 3 nitrogen and oxygen atoms in total. The van der Waals surface area contributed by atoms with E-state index in [2.05, 4.69) is 40.2 Å². The van der Waals surface area contributed by atoms with Gasteiger partial charge in [0.05, 0.1) is 12.2 Å². The molecule has 0 saturated carbocycles. The zero-order chi connectivity index (χ0) is 12.3. The van der Waals surface area contributed by atoms with E-state index < -0.39 is 0 Å². The fourth-order valence-corrected chi connectivity index (χ4v) is 1.78. The Balaban J connectivity index is 1.95. The number of benzene rings is 1. The molecule has 0 aliphatic rings. The molecule has 0 fully saturated rings. The average Bonchev–Trinajstić information content (AvgIpc) is 2.77. The van der Waals surface area contributed by atoms with Gasteiger partial charge in [-0.1, -0.05) is 15.9 Å². The van der Waals surface area contributed by atoms with Crippen LogP contribution < -0.4 is 5.32 Å². The van der Waals surface area contributed by atoms with Crippen molar-refractivity contribution in [2.75, 3.05) is 5.32 Å². The van der Waals surface area contributed by atoms with Crippen LogP contribution in [0.1, 0.15) is 25.6 Å². The van der Waals surface area contributed by atoms with E-state index in [0.29, 0.717) is 6.04 Å². The number of aromatic nitrogens is 2. The fourth-order valence-electron chi connectivity index (χ4n) is 1.52. The zero-order valence-corrected chi connectivity index (χ0v) is 11.6. The Morgan fingerprint density at radius 1 is 1.24 bits per heavy atom. The fraction of sp³-hybridized carbons (Fsp3) is 0.308. The second-order valence-corrected chi connectivity index (χ2v) is 5.16. The number of nitrogens with one attached hydrogen (secondary N) is 1. The molecule has 0 unspecified atom stereocenters. The van der Waals surface area contributed by atoms with E-state index in [9.17, 15) is 0 Å². The van der Waals surface area contributed by atoms with Gasteiger partial charge in [0, 0.05) is 22.4 Å². The van der Waals surface area contributed by atoms with Crippen LogP contribution in [-0.2, 0) is 6.54 Å².